The van der Waals surface area contributed by atoms with Crippen molar-refractivity contribution in [2.75, 3.05) is 0 Å². The van der Waals surface area contributed by atoms with Gasteiger partial charge < -0.3 is 0 Å². The Hall–Kier alpha value is -2.67. The number of nitriles is 1. The number of aromatic nitrogens is 3. The molecule has 0 N–H and O–H groups in total. The van der Waals surface area contributed by atoms with Crippen LogP contribution < -0.4 is 0 Å². The van der Waals surface area contributed by atoms with E-state index in [0.29, 0.717) is 5.69 Å². The van der Waals surface area contributed by atoms with Crippen molar-refractivity contribution in [1.82, 2.24) is 14.5 Å². The second kappa shape index (κ2) is 3.72. The molecule has 2 heterocycles. The van der Waals surface area contributed by atoms with Crippen molar-refractivity contribution < 1.29 is 0 Å². The van der Waals surface area contributed by atoms with Crippen LogP contribution >= 0.6 is 0 Å². The average Bonchev–Trinajstić information content (AvgIpc) is 2.86. The van der Waals surface area contributed by atoms with Crippen molar-refractivity contribution in [1.29, 1.82) is 5.26 Å². The number of nitrogens with zero attached hydrogens (tertiary/aromatic N) is 4. The van der Waals surface area contributed by atoms with Crippen LogP contribution in [0.2, 0.25) is 0 Å². The highest BCUT2D eigenvalue weighted by atomic mass is 15.1. The molecule has 0 radical (unpaired) electrons. The molecule has 4 heteroatoms. The van der Waals surface area contributed by atoms with Gasteiger partial charge in [-0.1, -0.05) is 12.1 Å². The van der Waals surface area contributed by atoms with Gasteiger partial charge in [0.15, 0.2) is 0 Å². The smallest absolute Gasteiger partial charge is 0.148 e. The Morgan fingerprint density at radius 1 is 1.06 bits per heavy atom. The first-order valence-corrected chi connectivity index (χ1v) is 5.18. The van der Waals surface area contributed by atoms with Gasteiger partial charge in [0.05, 0.1) is 5.52 Å². The molecular weight excluding hydrogens is 212 g/mol. The molecule has 4 nitrogen and oxygen atoms in total. The normalized spacial score (nSPS) is 10.3. The van der Waals surface area contributed by atoms with Gasteiger partial charge in [-0.05, 0) is 24.3 Å². The summed E-state index contributed by atoms with van der Waals surface area (Å²) in [7, 11) is 0. The fourth-order valence-corrected chi connectivity index (χ4v) is 1.84. The number of fused-ring (bicyclic) bond motifs is 1. The summed E-state index contributed by atoms with van der Waals surface area (Å²) in [6, 6.07) is 13.5. The van der Waals surface area contributed by atoms with Gasteiger partial charge in [-0.2, -0.15) is 5.26 Å². The molecule has 0 saturated carbocycles. The fourth-order valence-electron chi connectivity index (χ4n) is 1.84. The minimum absolute atomic E-state index is 0.564. The number of benzene rings is 1. The Balaban J connectivity index is 2.35. The Kier molecular flexibility index (Phi) is 2.09. The minimum atomic E-state index is 0.564. The van der Waals surface area contributed by atoms with Gasteiger partial charge in [0.1, 0.15) is 23.9 Å². The highest BCUT2D eigenvalue weighted by molar-refractivity contribution is 5.85. The molecule has 1 aromatic carbocycles. The van der Waals surface area contributed by atoms with Gasteiger partial charge >= 0.3 is 0 Å². The molecule has 17 heavy (non-hydrogen) atoms. The Morgan fingerprint density at radius 2 is 1.94 bits per heavy atom. The van der Waals surface area contributed by atoms with E-state index in [4.69, 9.17) is 5.26 Å². The maximum Gasteiger partial charge on any atom is 0.148 e. The van der Waals surface area contributed by atoms with E-state index in [1.165, 1.54) is 6.33 Å². The van der Waals surface area contributed by atoms with Crippen molar-refractivity contribution >= 4 is 10.9 Å². The summed E-state index contributed by atoms with van der Waals surface area (Å²) in [4.78, 5) is 8.46. The molecule has 0 amide bonds. The van der Waals surface area contributed by atoms with Crippen LogP contribution in [0.5, 0.6) is 0 Å². The van der Waals surface area contributed by atoms with E-state index in [-0.39, 0.29) is 0 Å². The van der Waals surface area contributed by atoms with Gasteiger partial charge in [-0.25, -0.2) is 9.97 Å². The largest absolute Gasteiger partial charge is 0.292 e. The zero-order valence-corrected chi connectivity index (χ0v) is 8.91. The van der Waals surface area contributed by atoms with E-state index in [0.717, 1.165) is 16.7 Å². The van der Waals surface area contributed by atoms with Crippen LogP contribution in [-0.4, -0.2) is 14.5 Å². The first kappa shape index (κ1) is 9.55. The maximum absolute atomic E-state index is 9.03. The predicted octanol–water partition coefficient (Wildman–Crippen LogP) is 2.29. The molecule has 80 valence electrons. The zero-order chi connectivity index (χ0) is 11.7. The van der Waals surface area contributed by atoms with Crippen LogP contribution in [0.1, 0.15) is 5.69 Å². The third-order valence-corrected chi connectivity index (χ3v) is 2.61. The van der Waals surface area contributed by atoms with E-state index >= 15 is 0 Å². The molecule has 3 rings (SSSR count). The first-order chi connectivity index (χ1) is 8.40. The molecule has 0 unspecified atom stereocenters. The molecule has 0 saturated heterocycles. The molecule has 2 aromatic heterocycles. The number of rotatable bonds is 1. The van der Waals surface area contributed by atoms with Crippen molar-refractivity contribution in [3.05, 3.63) is 54.6 Å². The molecule has 0 aliphatic rings. The first-order valence-electron chi connectivity index (χ1n) is 5.18. The number of para-hydroxylation sites is 1. The van der Waals surface area contributed by atoms with Gasteiger partial charge in [0.25, 0.3) is 0 Å². The van der Waals surface area contributed by atoms with Crippen molar-refractivity contribution in [2.24, 2.45) is 0 Å². The predicted molar refractivity (Wildman–Crippen MR) is 63.6 cm³/mol. The molecule has 0 aliphatic heterocycles. The van der Waals surface area contributed by atoms with Gasteiger partial charge in [-0.15, -0.1) is 0 Å². The topological polar surface area (TPSA) is 54.5 Å². The Labute approximate surface area is 97.8 Å². The third-order valence-electron chi connectivity index (χ3n) is 2.61. The maximum atomic E-state index is 9.03. The Bertz CT molecular complexity index is 716. The van der Waals surface area contributed by atoms with E-state index in [1.54, 1.807) is 10.6 Å². The summed E-state index contributed by atoms with van der Waals surface area (Å²) >= 11 is 0. The quantitative estimate of drug-likeness (QED) is 0.632. The van der Waals surface area contributed by atoms with Crippen LogP contribution in [0.25, 0.3) is 16.7 Å². The van der Waals surface area contributed by atoms with Crippen molar-refractivity contribution in [3.8, 4) is 11.9 Å². The molecule has 0 aliphatic carbocycles. The third kappa shape index (κ3) is 1.45. The van der Waals surface area contributed by atoms with Gasteiger partial charge in [0.2, 0.25) is 0 Å². The minimum Gasteiger partial charge on any atom is -0.292 e. The highest BCUT2D eigenvalue weighted by Crippen LogP contribution is 2.19. The number of hydrogen-bond donors (Lipinski definition) is 0. The second-order valence-electron chi connectivity index (χ2n) is 3.59. The second-order valence-corrected chi connectivity index (χ2v) is 3.59. The zero-order valence-electron chi connectivity index (χ0n) is 8.91. The summed E-state index contributed by atoms with van der Waals surface area (Å²) in [5.74, 6) is 0.733. The molecule has 3 aromatic rings. The van der Waals surface area contributed by atoms with Crippen LogP contribution in [0, 0.1) is 11.3 Å². The summed E-state index contributed by atoms with van der Waals surface area (Å²) in [5, 5.41) is 9.96. The molecule has 0 atom stereocenters. The van der Waals surface area contributed by atoms with Gasteiger partial charge in [0, 0.05) is 11.6 Å². The average molecular weight is 220 g/mol. The van der Waals surface area contributed by atoms with E-state index in [9.17, 15) is 0 Å². The monoisotopic (exact) mass is 220 g/mol. The molecule has 0 bridgehead atoms. The molecule has 0 fully saturated rings. The highest BCUT2D eigenvalue weighted by Gasteiger charge is 2.07. The Morgan fingerprint density at radius 3 is 2.82 bits per heavy atom. The van der Waals surface area contributed by atoms with E-state index in [1.807, 2.05) is 36.5 Å². The summed E-state index contributed by atoms with van der Waals surface area (Å²) in [5.41, 5.74) is 1.43. The number of hydrogen-bond acceptors (Lipinski definition) is 3. The summed E-state index contributed by atoms with van der Waals surface area (Å²) in [6.07, 6.45) is 3.34. The summed E-state index contributed by atoms with van der Waals surface area (Å²) in [6.45, 7) is 0. The van der Waals surface area contributed by atoms with Crippen LogP contribution in [-0.2, 0) is 0 Å². The SMILES string of the molecule is N#Cc1cccn1-c1ncnc2ccccc12. The van der Waals surface area contributed by atoms with Gasteiger partial charge in [-0.3, -0.25) is 4.57 Å². The van der Waals surface area contributed by atoms with Crippen LogP contribution in [0.15, 0.2) is 48.9 Å². The fraction of sp³-hybridized carbons (Fsp3) is 0. The van der Waals surface area contributed by atoms with Crippen LogP contribution in [0.3, 0.4) is 0 Å². The summed E-state index contributed by atoms with van der Waals surface area (Å²) < 4.78 is 1.77. The molecule has 0 spiro atoms. The lowest BCUT2D eigenvalue weighted by Gasteiger charge is -2.06. The lowest BCUT2D eigenvalue weighted by atomic mass is 10.2. The van der Waals surface area contributed by atoms with Crippen LogP contribution in [0.4, 0.5) is 0 Å². The van der Waals surface area contributed by atoms with E-state index < -0.39 is 0 Å². The standard InChI is InChI=1S/C13H8N4/c14-8-10-4-3-7-17(10)13-11-5-1-2-6-12(11)15-9-16-13/h1-7,9H. The lowest BCUT2D eigenvalue weighted by Crippen LogP contribution is -2.00. The van der Waals surface area contributed by atoms with Crippen molar-refractivity contribution in [2.45, 2.75) is 0 Å². The van der Waals surface area contributed by atoms with Crippen molar-refractivity contribution in [3.63, 3.8) is 0 Å². The van der Waals surface area contributed by atoms with E-state index in [2.05, 4.69) is 16.0 Å². The lowest BCUT2D eigenvalue weighted by molar-refractivity contribution is 0.988. The molecular formula is C13H8N4.